The lowest BCUT2D eigenvalue weighted by Gasteiger charge is -2.28. The Bertz CT molecular complexity index is 661. The quantitative estimate of drug-likeness (QED) is 0.908. The molecule has 0 spiro atoms. The summed E-state index contributed by atoms with van der Waals surface area (Å²) in [6, 6.07) is 4.49. The molecule has 0 radical (unpaired) electrons. The molecule has 1 aromatic heterocycles. The fourth-order valence-electron chi connectivity index (χ4n) is 3.37. The van der Waals surface area contributed by atoms with E-state index in [1.165, 1.54) is 33.3 Å². The zero-order valence-electron chi connectivity index (χ0n) is 12.9. The molecule has 1 N–H and O–H groups in total. The van der Waals surface area contributed by atoms with Crippen LogP contribution in [0.15, 0.2) is 12.1 Å². The van der Waals surface area contributed by atoms with Gasteiger partial charge in [0.25, 0.3) is 0 Å². The Hall–Kier alpha value is -1.45. The molecule has 2 heterocycles. The Kier molecular flexibility index (Phi) is 3.48. The summed E-state index contributed by atoms with van der Waals surface area (Å²) in [7, 11) is 4.22. The molecule has 0 bridgehead atoms. The first kappa shape index (κ1) is 13.5. The van der Waals surface area contributed by atoms with Crippen molar-refractivity contribution >= 4 is 10.9 Å². The lowest BCUT2D eigenvalue weighted by atomic mass is 9.93. The van der Waals surface area contributed by atoms with Crippen LogP contribution in [0.4, 0.5) is 0 Å². The molecule has 3 nitrogen and oxygen atoms in total. The van der Waals surface area contributed by atoms with Crippen molar-refractivity contribution < 1.29 is 0 Å². The molecule has 0 aliphatic carbocycles. The molecule has 0 unspecified atom stereocenters. The second-order valence-electron chi connectivity index (χ2n) is 6.01. The normalized spacial score (nSPS) is 15.6. The van der Waals surface area contributed by atoms with Crippen molar-refractivity contribution in [1.82, 2.24) is 15.2 Å². The SMILES string of the molecule is CNCc1c2c(nc3cc(C)cc(C)c13)CCN(C)C2. The first-order valence-electron chi connectivity index (χ1n) is 7.35. The van der Waals surface area contributed by atoms with Crippen LogP contribution in [0.3, 0.4) is 0 Å². The van der Waals surface area contributed by atoms with E-state index in [-0.39, 0.29) is 0 Å². The highest BCUT2D eigenvalue weighted by atomic mass is 15.1. The molecule has 0 saturated carbocycles. The van der Waals surface area contributed by atoms with Crippen LogP contribution in [0.5, 0.6) is 0 Å². The Morgan fingerprint density at radius 2 is 2.10 bits per heavy atom. The van der Waals surface area contributed by atoms with Crippen LogP contribution in [0, 0.1) is 13.8 Å². The summed E-state index contributed by atoms with van der Waals surface area (Å²) in [6.07, 6.45) is 1.06. The molecule has 3 rings (SSSR count). The van der Waals surface area contributed by atoms with E-state index < -0.39 is 0 Å². The predicted molar refractivity (Wildman–Crippen MR) is 84.0 cm³/mol. The second kappa shape index (κ2) is 5.15. The monoisotopic (exact) mass is 269 g/mol. The van der Waals surface area contributed by atoms with Gasteiger partial charge in [-0.1, -0.05) is 6.07 Å². The van der Waals surface area contributed by atoms with Crippen molar-refractivity contribution in [3.8, 4) is 0 Å². The van der Waals surface area contributed by atoms with Gasteiger partial charge >= 0.3 is 0 Å². The maximum absolute atomic E-state index is 4.96. The van der Waals surface area contributed by atoms with Gasteiger partial charge in [-0.05, 0) is 56.3 Å². The standard InChI is InChI=1S/C17H23N3/c1-11-7-12(2)17-13(9-18-3)14-10-20(4)6-5-15(14)19-16(17)8-11/h7-8,18H,5-6,9-10H2,1-4H3. The van der Waals surface area contributed by atoms with Crippen molar-refractivity contribution in [3.05, 3.63) is 40.1 Å². The highest BCUT2D eigenvalue weighted by Crippen LogP contribution is 2.30. The molecule has 1 aliphatic heterocycles. The molecule has 20 heavy (non-hydrogen) atoms. The van der Waals surface area contributed by atoms with Gasteiger partial charge in [0, 0.05) is 37.1 Å². The fourth-order valence-corrected chi connectivity index (χ4v) is 3.37. The van der Waals surface area contributed by atoms with Gasteiger partial charge in [-0.25, -0.2) is 0 Å². The van der Waals surface area contributed by atoms with Crippen LogP contribution >= 0.6 is 0 Å². The zero-order chi connectivity index (χ0) is 14.3. The third kappa shape index (κ3) is 2.21. The Morgan fingerprint density at radius 1 is 1.30 bits per heavy atom. The summed E-state index contributed by atoms with van der Waals surface area (Å²) in [5.41, 5.74) is 7.98. The number of aromatic nitrogens is 1. The summed E-state index contributed by atoms with van der Waals surface area (Å²) >= 11 is 0. The number of fused-ring (bicyclic) bond motifs is 2. The van der Waals surface area contributed by atoms with E-state index in [4.69, 9.17) is 4.98 Å². The first-order valence-corrected chi connectivity index (χ1v) is 7.35. The van der Waals surface area contributed by atoms with E-state index in [2.05, 4.69) is 43.2 Å². The number of hydrogen-bond donors (Lipinski definition) is 1. The molecule has 0 atom stereocenters. The van der Waals surface area contributed by atoms with Crippen molar-refractivity contribution in [1.29, 1.82) is 0 Å². The van der Waals surface area contributed by atoms with Gasteiger partial charge < -0.3 is 10.2 Å². The molecule has 3 heteroatoms. The van der Waals surface area contributed by atoms with Gasteiger partial charge in [-0.3, -0.25) is 4.98 Å². The van der Waals surface area contributed by atoms with Crippen LogP contribution < -0.4 is 5.32 Å². The molecule has 106 valence electrons. The Labute approximate surface area is 121 Å². The van der Waals surface area contributed by atoms with E-state index in [9.17, 15) is 0 Å². The number of pyridine rings is 1. The number of benzene rings is 1. The lowest BCUT2D eigenvalue weighted by molar-refractivity contribution is 0.309. The van der Waals surface area contributed by atoms with Crippen molar-refractivity contribution in [2.24, 2.45) is 0 Å². The minimum atomic E-state index is 0.916. The summed E-state index contributed by atoms with van der Waals surface area (Å²) in [5, 5.41) is 4.68. The molecule has 1 aliphatic rings. The van der Waals surface area contributed by atoms with E-state index in [0.29, 0.717) is 0 Å². The second-order valence-corrected chi connectivity index (χ2v) is 6.01. The molecular formula is C17H23N3. The molecule has 1 aromatic carbocycles. The van der Waals surface area contributed by atoms with Gasteiger partial charge in [0.05, 0.1) is 5.52 Å². The summed E-state index contributed by atoms with van der Waals surface area (Å²) in [5.74, 6) is 0. The third-order valence-electron chi connectivity index (χ3n) is 4.24. The highest BCUT2D eigenvalue weighted by Gasteiger charge is 2.21. The van der Waals surface area contributed by atoms with Crippen LogP contribution in [-0.2, 0) is 19.5 Å². The third-order valence-corrected chi connectivity index (χ3v) is 4.24. The van der Waals surface area contributed by atoms with Crippen molar-refractivity contribution in [2.75, 3.05) is 20.6 Å². The van der Waals surface area contributed by atoms with Gasteiger partial charge in [0.1, 0.15) is 0 Å². The van der Waals surface area contributed by atoms with Crippen LogP contribution in [0.2, 0.25) is 0 Å². The smallest absolute Gasteiger partial charge is 0.0714 e. The summed E-state index contributed by atoms with van der Waals surface area (Å²) < 4.78 is 0. The minimum absolute atomic E-state index is 0.916. The van der Waals surface area contributed by atoms with Crippen molar-refractivity contribution in [2.45, 2.75) is 33.4 Å². The van der Waals surface area contributed by atoms with Gasteiger partial charge in [-0.2, -0.15) is 0 Å². The van der Waals surface area contributed by atoms with Crippen molar-refractivity contribution in [3.63, 3.8) is 0 Å². The average Bonchev–Trinajstić information content (AvgIpc) is 2.38. The number of nitrogens with one attached hydrogen (secondary N) is 1. The minimum Gasteiger partial charge on any atom is -0.316 e. The first-order chi connectivity index (χ1) is 9.60. The van der Waals surface area contributed by atoms with Gasteiger partial charge in [0.15, 0.2) is 0 Å². The molecule has 0 fully saturated rings. The largest absolute Gasteiger partial charge is 0.316 e. The Balaban J connectivity index is 2.33. The molecule has 0 saturated heterocycles. The summed E-state index contributed by atoms with van der Waals surface area (Å²) in [6.45, 7) is 7.39. The molecule has 2 aromatic rings. The summed E-state index contributed by atoms with van der Waals surface area (Å²) in [4.78, 5) is 7.35. The van der Waals surface area contributed by atoms with E-state index in [1.54, 1.807) is 0 Å². The average molecular weight is 269 g/mol. The number of nitrogens with zero attached hydrogens (tertiary/aromatic N) is 2. The lowest BCUT2D eigenvalue weighted by Crippen LogP contribution is -2.29. The fraction of sp³-hybridized carbons (Fsp3) is 0.471. The van der Waals surface area contributed by atoms with Gasteiger partial charge in [0.2, 0.25) is 0 Å². The maximum atomic E-state index is 4.96. The van der Waals surface area contributed by atoms with E-state index in [1.807, 2.05) is 7.05 Å². The number of aryl methyl sites for hydroxylation is 2. The number of rotatable bonds is 2. The predicted octanol–water partition coefficient (Wildman–Crippen LogP) is 2.56. The number of likely N-dealkylation sites (N-methyl/N-ethyl adjacent to an activating group) is 1. The Morgan fingerprint density at radius 3 is 2.85 bits per heavy atom. The number of hydrogen-bond acceptors (Lipinski definition) is 3. The van der Waals surface area contributed by atoms with Crippen LogP contribution in [0.25, 0.3) is 10.9 Å². The molecular weight excluding hydrogens is 246 g/mol. The maximum Gasteiger partial charge on any atom is 0.0714 e. The van der Waals surface area contributed by atoms with Crippen LogP contribution in [-0.4, -0.2) is 30.5 Å². The van der Waals surface area contributed by atoms with Gasteiger partial charge in [-0.15, -0.1) is 0 Å². The molecule has 0 amide bonds. The van der Waals surface area contributed by atoms with E-state index >= 15 is 0 Å². The van der Waals surface area contributed by atoms with E-state index in [0.717, 1.165) is 31.6 Å². The van der Waals surface area contributed by atoms with Crippen LogP contribution in [0.1, 0.15) is 27.9 Å². The zero-order valence-corrected chi connectivity index (χ0v) is 12.9. The topological polar surface area (TPSA) is 28.2 Å². The highest BCUT2D eigenvalue weighted by molar-refractivity contribution is 5.87.